The van der Waals surface area contributed by atoms with Crippen LogP contribution in [-0.2, 0) is 24.2 Å². The first-order valence-electron chi connectivity index (χ1n) is 11.4. The molecule has 0 aliphatic rings. The lowest BCUT2D eigenvalue weighted by Crippen LogP contribution is -2.46. The maximum absolute atomic E-state index is 14.4. The van der Waals surface area contributed by atoms with E-state index in [-0.39, 0.29) is 23.0 Å². The zero-order valence-corrected chi connectivity index (χ0v) is 22.1. The number of aromatic nitrogens is 2. The van der Waals surface area contributed by atoms with Crippen LogP contribution in [0.4, 0.5) is 13.6 Å². The zero-order valence-electron chi connectivity index (χ0n) is 20.5. The molecule has 3 rings (SSSR count). The number of ether oxygens (including phenoxy) is 1. The van der Waals surface area contributed by atoms with E-state index in [0.29, 0.717) is 11.3 Å². The van der Waals surface area contributed by atoms with Crippen LogP contribution in [0.3, 0.4) is 0 Å². The van der Waals surface area contributed by atoms with Crippen molar-refractivity contribution < 1.29 is 18.3 Å². The molecule has 192 valence electrons. The number of carbonyl (C=O) groups is 1. The molecule has 2 aromatic carbocycles. The van der Waals surface area contributed by atoms with Crippen molar-refractivity contribution in [3.05, 3.63) is 102 Å². The summed E-state index contributed by atoms with van der Waals surface area (Å²) in [6, 6.07) is 11.5. The molecule has 10 heteroatoms. The van der Waals surface area contributed by atoms with E-state index in [0.717, 1.165) is 16.7 Å². The van der Waals surface area contributed by atoms with Crippen LogP contribution in [0.1, 0.15) is 50.6 Å². The minimum atomic E-state index is -0.801. The van der Waals surface area contributed by atoms with Crippen LogP contribution in [-0.4, -0.2) is 20.8 Å². The quantitative estimate of drug-likeness (QED) is 0.442. The minimum absolute atomic E-state index is 0.102. The van der Waals surface area contributed by atoms with E-state index in [1.54, 1.807) is 58.0 Å². The summed E-state index contributed by atoms with van der Waals surface area (Å²) in [7, 11) is 0. The third-order valence-electron chi connectivity index (χ3n) is 5.44. The molecular weight excluding hydrogens is 536 g/mol. The Morgan fingerprint density at radius 2 is 1.64 bits per heavy atom. The molecule has 0 saturated heterocycles. The molecule has 3 aromatic rings. The molecular formula is C26H28BrF2N3O4. The maximum Gasteiger partial charge on any atom is 0.408 e. The highest BCUT2D eigenvalue weighted by atomic mass is 79.9. The molecule has 1 N–H and O–H groups in total. The first-order valence-corrected chi connectivity index (χ1v) is 12.2. The largest absolute Gasteiger partial charge is 0.444 e. The number of amides is 1. The molecule has 0 saturated carbocycles. The van der Waals surface area contributed by atoms with Gasteiger partial charge in [-0.1, -0.05) is 43.3 Å². The Bertz CT molecular complexity index is 1340. The highest BCUT2D eigenvalue weighted by Crippen LogP contribution is 2.19. The molecule has 0 bridgehead atoms. The van der Waals surface area contributed by atoms with Crippen molar-refractivity contribution in [2.24, 2.45) is 0 Å². The SMILES string of the molecule is CCc1c(Br)c(=O)n(C[C@H](NC(=O)OC(C)(C)C)c2ccccc2)c(=O)n1Cc1c(F)cccc1F. The first-order chi connectivity index (χ1) is 16.9. The van der Waals surface area contributed by atoms with Crippen LogP contribution in [0, 0.1) is 11.6 Å². The predicted molar refractivity (Wildman–Crippen MR) is 136 cm³/mol. The van der Waals surface area contributed by atoms with E-state index >= 15 is 0 Å². The molecule has 0 fully saturated rings. The van der Waals surface area contributed by atoms with E-state index < -0.39 is 47.2 Å². The smallest absolute Gasteiger partial charge is 0.408 e. The van der Waals surface area contributed by atoms with Crippen molar-refractivity contribution >= 4 is 22.0 Å². The highest BCUT2D eigenvalue weighted by Gasteiger charge is 2.25. The molecule has 1 heterocycles. The second-order valence-corrected chi connectivity index (χ2v) is 10.0. The van der Waals surface area contributed by atoms with Crippen LogP contribution in [0.25, 0.3) is 0 Å². The minimum Gasteiger partial charge on any atom is -0.444 e. The zero-order chi connectivity index (χ0) is 26.6. The topological polar surface area (TPSA) is 82.3 Å². The number of nitrogens with zero attached hydrogens (tertiary/aromatic N) is 2. The van der Waals surface area contributed by atoms with Gasteiger partial charge in [-0.25, -0.2) is 18.4 Å². The average molecular weight is 564 g/mol. The lowest BCUT2D eigenvalue weighted by molar-refractivity contribution is 0.0497. The maximum atomic E-state index is 14.4. The van der Waals surface area contributed by atoms with Crippen molar-refractivity contribution in [3.8, 4) is 0 Å². The molecule has 0 aliphatic carbocycles. The fourth-order valence-corrected chi connectivity index (χ4v) is 4.48. The molecule has 1 amide bonds. The highest BCUT2D eigenvalue weighted by molar-refractivity contribution is 9.10. The van der Waals surface area contributed by atoms with Gasteiger partial charge in [0.2, 0.25) is 0 Å². The van der Waals surface area contributed by atoms with Gasteiger partial charge in [-0.3, -0.25) is 13.9 Å². The Labute approximate surface area is 215 Å². The van der Waals surface area contributed by atoms with Crippen LogP contribution in [0.5, 0.6) is 0 Å². The molecule has 0 spiro atoms. The van der Waals surface area contributed by atoms with Crippen LogP contribution < -0.4 is 16.6 Å². The monoisotopic (exact) mass is 563 g/mol. The summed E-state index contributed by atoms with van der Waals surface area (Å²) in [5.74, 6) is -1.60. The Hall–Kier alpha value is -3.27. The lowest BCUT2D eigenvalue weighted by Gasteiger charge is -2.25. The molecule has 0 aliphatic heterocycles. The summed E-state index contributed by atoms with van der Waals surface area (Å²) >= 11 is 3.27. The number of hydrogen-bond donors (Lipinski definition) is 1. The van der Waals surface area contributed by atoms with Crippen LogP contribution in [0.2, 0.25) is 0 Å². The number of hydrogen-bond acceptors (Lipinski definition) is 4. The normalized spacial score (nSPS) is 12.3. The van der Waals surface area contributed by atoms with Crippen molar-refractivity contribution in [2.75, 3.05) is 0 Å². The summed E-state index contributed by atoms with van der Waals surface area (Å²) < 4.78 is 36.4. The Morgan fingerprint density at radius 3 is 2.19 bits per heavy atom. The molecule has 1 atom stereocenters. The van der Waals surface area contributed by atoms with Crippen molar-refractivity contribution in [1.82, 2.24) is 14.5 Å². The number of benzene rings is 2. The van der Waals surface area contributed by atoms with Crippen LogP contribution >= 0.6 is 15.9 Å². The van der Waals surface area contributed by atoms with Gasteiger partial charge in [0.1, 0.15) is 21.7 Å². The van der Waals surface area contributed by atoms with Gasteiger partial charge >= 0.3 is 11.8 Å². The van der Waals surface area contributed by atoms with Gasteiger partial charge in [0.05, 0.1) is 19.1 Å². The number of rotatable bonds is 7. The summed E-state index contributed by atoms with van der Waals surface area (Å²) in [6.45, 7) is 6.24. The Kier molecular flexibility index (Phi) is 8.50. The number of nitrogens with one attached hydrogen (secondary N) is 1. The summed E-state index contributed by atoms with van der Waals surface area (Å²) in [4.78, 5) is 39.3. The van der Waals surface area contributed by atoms with Gasteiger partial charge in [-0.05, 0) is 60.8 Å². The van der Waals surface area contributed by atoms with Gasteiger partial charge in [0.25, 0.3) is 5.56 Å². The van der Waals surface area contributed by atoms with E-state index in [1.165, 1.54) is 10.6 Å². The first kappa shape index (κ1) is 27.3. The molecule has 0 unspecified atom stereocenters. The number of halogens is 3. The van der Waals surface area contributed by atoms with Crippen molar-refractivity contribution in [2.45, 2.75) is 58.8 Å². The third kappa shape index (κ3) is 6.29. The fraction of sp³-hybridized carbons (Fsp3) is 0.346. The van der Waals surface area contributed by atoms with Gasteiger partial charge < -0.3 is 10.1 Å². The Morgan fingerprint density at radius 1 is 1.03 bits per heavy atom. The van der Waals surface area contributed by atoms with Gasteiger partial charge in [0.15, 0.2) is 0 Å². The van der Waals surface area contributed by atoms with Crippen LogP contribution in [0.15, 0.2) is 62.6 Å². The molecule has 7 nitrogen and oxygen atoms in total. The molecule has 0 radical (unpaired) electrons. The molecule has 1 aromatic heterocycles. The van der Waals surface area contributed by atoms with E-state index in [9.17, 15) is 23.2 Å². The predicted octanol–water partition coefficient (Wildman–Crippen LogP) is 4.93. The summed E-state index contributed by atoms with van der Waals surface area (Å²) in [5, 5.41) is 2.72. The standard InChI is InChI=1S/C26H28BrF2N3O4/c1-5-21-22(27)23(33)32(25(35)31(21)14-17-18(28)12-9-13-19(17)29)15-20(16-10-7-6-8-11-16)30-24(34)36-26(2,3)4/h6-13,20H,5,14-15H2,1-4H3,(H,30,34)/t20-/m0/s1. The average Bonchev–Trinajstić information content (AvgIpc) is 2.81. The van der Waals surface area contributed by atoms with E-state index in [2.05, 4.69) is 21.2 Å². The second-order valence-electron chi connectivity index (χ2n) is 9.21. The second kappa shape index (κ2) is 11.2. The molecule has 36 heavy (non-hydrogen) atoms. The third-order valence-corrected chi connectivity index (χ3v) is 6.24. The lowest BCUT2D eigenvalue weighted by atomic mass is 10.1. The summed E-state index contributed by atoms with van der Waals surface area (Å²) in [6.07, 6.45) is -0.456. The fourth-order valence-electron chi connectivity index (χ4n) is 3.77. The Balaban J connectivity index is 2.11. The van der Waals surface area contributed by atoms with Gasteiger partial charge in [0, 0.05) is 11.3 Å². The van der Waals surface area contributed by atoms with Crippen molar-refractivity contribution in [3.63, 3.8) is 0 Å². The number of alkyl carbamates (subject to hydrolysis) is 1. The van der Waals surface area contributed by atoms with E-state index in [1.807, 2.05) is 0 Å². The van der Waals surface area contributed by atoms with Gasteiger partial charge in [-0.2, -0.15) is 0 Å². The van der Waals surface area contributed by atoms with Gasteiger partial charge in [-0.15, -0.1) is 0 Å². The summed E-state index contributed by atoms with van der Waals surface area (Å²) in [5.41, 5.74) is -1.48. The van der Waals surface area contributed by atoms with E-state index in [4.69, 9.17) is 4.74 Å². The number of carbonyl (C=O) groups excluding carboxylic acids is 1. The van der Waals surface area contributed by atoms with Crippen molar-refractivity contribution in [1.29, 1.82) is 0 Å².